The number of carbonyl (C=O) groups excluding carboxylic acids is 1. The van der Waals surface area contributed by atoms with E-state index in [9.17, 15) is 4.79 Å². The van der Waals surface area contributed by atoms with Gasteiger partial charge in [-0.05, 0) is 71.4 Å². The first-order valence-corrected chi connectivity index (χ1v) is 9.95. The van der Waals surface area contributed by atoms with Gasteiger partial charge in [-0.2, -0.15) is 0 Å². The van der Waals surface area contributed by atoms with Crippen LogP contribution in [0.1, 0.15) is 72.8 Å². The van der Waals surface area contributed by atoms with Gasteiger partial charge in [-0.1, -0.05) is 19.9 Å². The van der Waals surface area contributed by atoms with Crippen LogP contribution in [0.2, 0.25) is 0 Å². The van der Waals surface area contributed by atoms with E-state index in [1.807, 2.05) is 12.1 Å². The maximum atomic E-state index is 11.1. The van der Waals surface area contributed by atoms with Crippen LogP contribution < -0.4 is 14.8 Å². The first kappa shape index (κ1) is 23.1. The number of methoxy groups -OCH3 is 1. The van der Waals surface area contributed by atoms with Crippen molar-refractivity contribution in [2.75, 3.05) is 13.7 Å². The van der Waals surface area contributed by atoms with Crippen LogP contribution in [0.25, 0.3) is 0 Å². The second-order valence-corrected chi connectivity index (χ2v) is 8.08. The number of hydrogen-bond acceptors (Lipinski definition) is 4. The first-order valence-electron chi connectivity index (χ1n) is 9.95. The summed E-state index contributed by atoms with van der Waals surface area (Å²) in [6.07, 6.45) is 4.18. The molecule has 1 rings (SSSR count). The lowest BCUT2D eigenvalue weighted by Crippen LogP contribution is -2.28. The van der Waals surface area contributed by atoms with Gasteiger partial charge in [0.2, 0.25) is 0 Å². The molecule has 0 bridgehead atoms. The van der Waals surface area contributed by atoms with Crippen molar-refractivity contribution in [2.45, 2.75) is 84.8 Å². The van der Waals surface area contributed by atoms with E-state index in [4.69, 9.17) is 9.47 Å². The van der Waals surface area contributed by atoms with E-state index in [-0.39, 0.29) is 17.3 Å². The summed E-state index contributed by atoms with van der Waals surface area (Å²) in [5.41, 5.74) is 0.717. The van der Waals surface area contributed by atoms with Crippen molar-refractivity contribution >= 4 is 6.09 Å². The highest BCUT2D eigenvalue weighted by molar-refractivity contribution is 5.66. The van der Waals surface area contributed by atoms with Crippen LogP contribution in [0.3, 0.4) is 0 Å². The zero-order chi connectivity index (χ0) is 20.5. The van der Waals surface area contributed by atoms with E-state index in [1.54, 1.807) is 0 Å². The van der Waals surface area contributed by atoms with E-state index in [0.717, 1.165) is 49.2 Å². The molecule has 154 valence electrons. The van der Waals surface area contributed by atoms with Gasteiger partial charge >= 0.3 is 6.09 Å². The van der Waals surface area contributed by atoms with Crippen molar-refractivity contribution < 1.29 is 19.0 Å². The second kappa shape index (κ2) is 10.4. The van der Waals surface area contributed by atoms with E-state index in [2.05, 4.69) is 57.7 Å². The number of ether oxygens (including phenoxy) is 3. The summed E-state index contributed by atoms with van der Waals surface area (Å²) in [5, 5.41) is 2.71. The lowest BCUT2D eigenvalue weighted by Gasteiger charge is -2.29. The summed E-state index contributed by atoms with van der Waals surface area (Å²) in [6, 6.07) is 6.12. The monoisotopic (exact) mass is 379 g/mol. The smallest absolute Gasteiger partial charge is 0.406 e. The van der Waals surface area contributed by atoms with Crippen LogP contribution in [0.5, 0.6) is 11.5 Å². The molecule has 0 spiro atoms. The number of rotatable bonds is 11. The fourth-order valence-electron chi connectivity index (χ4n) is 2.36. The highest BCUT2D eigenvalue weighted by atomic mass is 16.5. The summed E-state index contributed by atoms with van der Waals surface area (Å²) in [4.78, 5) is 11.1. The zero-order valence-electron chi connectivity index (χ0n) is 18.1. The maximum absolute atomic E-state index is 11.1. The minimum Gasteiger partial charge on any atom is -0.488 e. The van der Waals surface area contributed by atoms with Gasteiger partial charge in [-0.15, -0.1) is 0 Å². The molecule has 5 nitrogen and oxygen atoms in total. The molecule has 0 unspecified atom stereocenters. The standard InChI is InChI=1S/C22H37NO4/c1-8-21(3,4)26-18-14-13-17(12-10-11-15-23-20(24)25-7)19(16-18)27-22(5,6)9-2/h13-14,16H,8-12,15H2,1-7H3,(H,23,24). The van der Waals surface area contributed by atoms with Gasteiger partial charge in [0, 0.05) is 12.6 Å². The average molecular weight is 380 g/mol. The third-order valence-electron chi connectivity index (χ3n) is 4.85. The average Bonchev–Trinajstić information content (AvgIpc) is 2.62. The highest BCUT2D eigenvalue weighted by Crippen LogP contribution is 2.32. The molecule has 0 aromatic heterocycles. The number of benzene rings is 1. The lowest BCUT2D eigenvalue weighted by molar-refractivity contribution is 0.0952. The normalized spacial score (nSPS) is 11.8. The van der Waals surface area contributed by atoms with Gasteiger partial charge in [0.1, 0.15) is 22.7 Å². The number of unbranched alkanes of at least 4 members (excludes halogenated alkanes) is 1. The summed E-state index contributed by atoms with van der Waals surface area (Å²) in [5.74, 6) is 1.71. The van der Waals surface area contributed by atoms with E-state index in [0.29, 0.717) is 6.54 Å². The molecule has 0 aliphatic carbocycles. The van der Waals surface area contributed by atoms with Crippen LogP contribution in [0, 0.1) is 0 Å². The number of amides is 1. The minimum absolute atomic E-state index is 0.210. The quantitative estimate of drug-likeness (QED) is 0.516. The van der Waals surface area contributed by atoms with Crippen molar-refractivity contribution in [1.29, 1.82) is 0 Å². The molecule has 1 amide bonds. The van der Waals surface area contributed by atoms with Gasteiger partial charge < -0.3 is 19.5 Å². The van der Waals surface area contributed by atoms with Crippen molar-refractivity contribution in [3.63, 3.8) is 0 Å². The van der Waals surface area contributed by atoms with Crippen LogP contribution in [0.15, 0.2) is 18.2 Å². The number of aryl methyl sites for hydroxylation is 1. The Kier molecular flexibility index (Phi) is 8.94. The van der Waals surface area contributed by atoms with Gasteiger partial charge in [0.05, 0.1) is 7.11 Å². The predicted octanol–water partition coefficient (Wildman–Crippen LogP) is 5.50. The summed E-state index contributed by atoms with van der Waals surface area (Å²) in [6.45, 7) is 13.2. The maximum Gasteiger partial charge on any atom is 0.406 e. The van der Waals surface area contributed by atoms with Crippen LogP contribution in [-0.4, -0.2) is 30.9 Å². The summed E-state index contributed by atoms with van der Waals surface area (Å²) < 4.78 is 17.0. The van der Waals surface area contributed by atoms with E-state index >= 15 is 0 Å². The minimum atomic E-state index is -0.385. The molecule has 0 saturated carbocycles. The van der Waals surface area contributed by atoms with Crippen molar-refractivity contribution in [2.24, 2.45) is 0 Å². The third kappa shape index (κ3) is 8.55. The molecule has 0 fully saturated rings. The summed E-state index contributed by atoms with van der Waals surface area (Å²) >= 11 is 0. The molecule has 0 saturated heterocycles. The molecule has 27 heavy (non-hydrogen) atoms. The number of hydrogen-bond donors (Lipinski definition) is 1. The topological polar surface area (TPSA) is 56.8 Å². The molecule has 1 aromatic rings. The first-order chi connectivity index (χ1) is 12.6. The van der Waals surface area contributed by atoms with Crippen molar-refractivity contribution in [3.05, 3.63) is 23.8 Å². The van der Waals surface area contributed by atoms with Crippen LogP contribution in [0.4, 0.5) is 4.79 Å². The van der Waals surface area contributed by atoms with Gasteiger partial charge in [0.25, 0.3) is 0 Å². The van der Waals surface area contributed by atoms with Crippen molar-refractivity contribution in [1.82, 2.24) is 5.32 Å². The van der Waals surface area contributed by atoms with Crippen molar-refractivity contribution in [3.8, 4) is 11.5 Å². The summed E-state index contributed by atoms with van der Waals surface area (Å²) in [7, 11) is 1.37. The Labute approximate surface area is 164 Å². The molecule has 1 N–H and O–H groups in total. The van der Waals surface area contributed by atoms with Gasteiger partial charge in [-0.25, -0.2) is 4.79 Å². The second-order valence-electron chi connectivity index (χ2n) is 8.08. The largest absolute Gasteiger partial charge is 0.488 e. The third-order valence-corrected chi connectivity index (χ3v) is 4.85. The Balaban J connectivity index is 2.83. The Bertz CT molecular complexity index is 596. The molecule has 0 aliphatic heterocycles. The molecule has 0 aliphatic rings. The van der Waals surface area contributed by atoms with E-state index in [1.165, 1.54) is 7.11 Å². The van der Waals surface area contributed by atoms with Gasteiger partial charge in [-0.3, -0.25) is 0 Å². The SMILES string of the molecule is CCC(C)(C)Oc1ccc(CCCCNC(=O)OC)c(OC(C)(C)CC)c1. The molecule has 0 atom stereocenters. The molecule has 1 aromatic carbocycles. The number of nitrogens with one attached hydrogen (secondary N) is 1. The fourth-order valence-corrected chi connectivity index (χ4v) is 2.36. The van der Waals surface area contributed by atoms with Gasteiger partial charge in [0.15, 0.2) is 0 Å². The fraction of sp³-hybridized carbons (Fsp3) is 0.682. The Morgan fingerprint density at radius 1 is 1.00 bits per heavy atom. The Morgan fingerprint density at radius 2 is 1.63 bits per heavy atom. The zero-order valence-corrected chi connectivity index (χ0v) is 18.1. The Hall–Kier alpha value is -1.91. The number of alkyl carbamates (subject to hydrolysis) is 1. The highest BCUT2D eigenvalue weighted by Gasteiger charge is 2.21. The molecule has 0 heterocycles. The Morgan fingerprint density at radius 3 is 2.22 bits per heavy atom. The number of carbonyl (C=O) groups is 1. The molecule has 5 heteroatoms. The van der Waals surface area contributed by atoms with E-state index < -0.39 is 0 Å². The molecular formula is C22H37NO4. The van der Waals surface area contributed by atoms with Crippen LogP contribution in [-0.2, 0) is 11.2 Å². The molecule has 0 radical (unpaired) electrons. The lowest BCUT2D eigenvalue weighted by atomic mass is 10.0. The molecular weight excluding hydrogens is 342 g/mol. The predicted molar refractivity (Wildman–Crippen MR) is 110 cm³/mol. The van der Waals surface area contributed by atoms with Crippen LogP contribution >= 0.6 is 0 Å².